The van der Waals surface area contributed by atoms with Crippen LogP contribution in [0.4, 0.5) is 0 Å². The smallest absolute Gasteiger partial charge is 0.143 e. The van der Waals surface area contributed by atoms with Gasteiger partial charge in [-0.05, 0) is 18.3 Å². The Labute approximate surface area is 85.1 Å². The number of allylic oxidation sites excluding steroid dienone is 6. The fourth-order valence-electron chi connectivity index (χ4n) is 0.777. The molecule has 0 saturated heterocycles. The van der Waals surface area contributed by atoms with E-state index in [1.54, 1.807) is 6.07 Å². The summed E-state index contributed by atoms with van der Waals surface area (Å²) < 4.78 is 9.01. The maximum Gasteiger partial charge on any atom is 0.143 e. The van der Waals surface area contributed by atoms with E-state index in [0.717, 1.165) is 6.42 Å². The lowest BCUT2D eigenvalue weighted by Gasteiger charge is -1.69. The molecule has 1 unspecified atom stereocenters. The van der Waals surface area contributed by atoms with Gasteiger partial charge < -0.3 is 0 Å². The summed E-state index contributed by atoms with van der Waals surface area (Å²) in [6, 6.07) is 3.66. The zero-order chi connectivity index (χ0) is 9.90. The highest BCUT2D eigenvalue weighted by Gasteiger charge is 1.70. The molecular formula is C11H13O2P. The molecule has 74 valence electrons. The Morgan fingerprint density at radius 2 is 1.71 bits per heavy atom. The molecule has 0 radical (unpaired) electrons. The minimum absolute atomic E-state index is 0.329. The van der Waals surface area contributed by atoms with E-state index in [9.17, 15) is 0 Å². The third-order valence-corrected chi connectivity index (χ3v) is 1.90. The third kappa shape index (κ3) is 6.15. The lowest BCUT2D eigenvalue weighted by atomic mass is 10.4. The molecule has 14 heavy (non-hydrogen) atoms. The highest BCUT2D eigenvalue weighted by Crippen LogP contribution is 1.96. The maximum absolute atomic E-state index is 4.55. The van der Waals surface area contributed by atoms with Crippen LogP contribution in [-0.4, -0.2) is 0 Å². The van der Waals surface area contributed by atoms with E-state index in [0.29, 0.717) is 8.43 Å². The molecule has 0 amide bonds. The maximum atomic E-state index is 4.55. The molecule has 0 fully saturated rings. The van der Waals surface area contributed by atoms with Crippen molar-refractivity contribution in [1.82, 2.24) is 0 Å². The molecule has 0 aliphatic heterocycles. The van der Waals surface area contributed by atoms with Gasteiger partial charge in [-0.3, -0.25) is 8.93 Å². The van der Waals surface area contributed by atoms with Gasteiger partial charge in [-0.2, -0.15) is 0 Å². The highest BCUT2D eigenvalue weighted by molar-refractivity contribution is 7.21. The Morgan fingerprint density at radius 1 is 0.929 bits per heavy atom. The molecule has 0 bridgehead atoms. The van der Waals surface area contributed by atoms with E-state index in [-0.39, 0.29) is 0 Å². The predicted octanol–water partition coefficient (Wildman–Crippen LogP) is 4.09. The largest absolute Gasteiger partial charge is 0.296 e. The first kappa shape index (κ1) is 10.7. The van der Waals surface area contributed by atoms with Crippen molar-refractivity contribution in [3.63, 3.8) is 0 Å². The Balaban J connectivity index is 0.000000140. The van der Waals surface area contributed by atoms with E-state index in [2.05, 4.69) is 33.2 Å². The van der Waals surface area contributed by atoms with Crippen molar-refractivity contribution >= 4 is 8.43 Å². The molecule has 0 saturated carbocycles. The van der Waals surface area contributed by atoms with E-state index in [4.69, 9.17) is 0 Å². The van der Waals surface area contributed by atoms with Crippen LogP contribution in [0.5, 0.6) is 0 Å². The van der Waals surface area contributed by atoms with E-state index in [1.165, 1.54) is 6.26 Å². The van der Waals surface area contributed by atoms with Crippen LogP contribution in [0.25, 0.3) is 0 Å². The van der Waals surface area contributed by atoms with Gasteiger partial charge in [-0.1, -0.05) is 42.5 Å². The van der Waals surface area contributed by atoms with Crippen LogP contribution in [0.15, 0.2) is 69.6 Å². The van der Waals surface area contributed by atoms with Crippen LogP contribution in [0.2, 0.25) is 0 Å². The normalized spacial score (nSPS) is 13.1. The Hall–Kier alpha value is -1.40. The number of hydrogen-bond donors (Lipinski definition) is 0. The van der Waals surface area contributed by atoms with Crippen LogP contribution in [0.3, 0.4) is 0 Å². The summed E-state index contributed by atoms with van der Waals surface area (Å²) in [5.41, 5.74) is 0. The minimum Gasteiger partial charge on any atom is -0.296 e. The summed E-state index contributed by atoms with van der Waals surface area (Å²) >= 11 is 0. The summed E-state index contributed by atoms with van der Waals surface area (Å²) in [6.45, 7) is 0. The summed E-state index contributed by atoms with van der Waals surface area (Å²) in [6.07, 6.45) is 15.0. The molecule has 2 nitrogen and oxygen atoms in total. The molecule has 3 heteroatoms. The minimum atomic E-state index is 0.329. The third-order valence-electron chi connectivity index (χ3n) is 1.38. The fourth-order valence-corrected chi connectivity index (χ4v) is 1.13. The Morgan fingerprint density at radius 3 is 2.50 bits per heavy atom. The highest BCUT2D eigenvalue weighted by atomic mass is 31.1. The number of hydrogen-bond acceptors (Lipinski definition) is 2. The van der Waals surface area contributed by atoms with Gasteiger partial charge in [-0.15, -0.1) is 0 Å². The second-order valence-electron chi connectivity index (χ2n) is 2.46. The van der Waals surface area contributed by atoms with Crippen LogP contribution in [-0.2, 0) is 0 Å². The van der Waals surface area contributed by atoms with Crippen molar-refractivity contribution < 1.29 is 8.93 Å². The summed E-state index contributed by atoms with van der Waals surface area (Å²) in [4.78, 5) is 0. The molecule has 1 aromatic rings. The monoisotopic (exact) mass is 208 g/mol. The first-order valence-corrected chi connectivity index (χ1v) is 5.36. The number of rotatable bonds is 0. The molecule has 0 aromatic carbocycles. The average Bonchev–Trinajstić information content (AvgIpc) is 2.68. The summed E-state index contributed by atoms with van der Waals surface area (Å²) in [5.74, 6) is 1.89. The van der Waals surface area contributed by atoms with Crippen molar-refractivity contribution in [1.29, 1.82) is 0 Å². The van der Waals surface area contributed by atoms with Gasteiger partial charge in [0.2, 0.25) is 0 Å². The Kier molecular flexibility index (Phi) is 6.26. The quantitative estimate of drug-likeness (QED) is 0.600. The van der Waals surface area contributed by atoms with Crippen molar-refractivity contribution in [2.45, 2.75) is 6.42 Å². The van der Waals surface area contributed by atoms with Gasteiger partial charge in [0.1, 0.15) is 6.26 Å². The molecule has 0 spiro atoms. The van der Waals surface area contributed by atoms with Gasteiger partial charge in [-0.25, -0.2) is 0 Å². The Bertz CT molecular complexity index is 272. The molecular weight excluding hydrogens is 195 g/mol. The molecule has 0 N–H and O–H groups in total. The first-order valence-electron chi connectivity index (χ1n) is 4.38. The van der Waals surface area contributed by atoms with Crippen molar-refractivity contribution in [2.24, 2.45) is 0 Å². The van der Waals surface area contributed by atoms with E-state index in [1.807, 2.05) is 24.0 Å². The van der Waals surface area contributed by atoms with Crippen LogP contribution < -0.4 is 0 Å². The summed E-state index contributed by atoms with van der Waals surface area (Å²) in [5, 5.41) is 0. The average molecular weight is 208 g/mol. The van der Waals surface area contributed by atoms with Crippen molar-refractivity contribution in [2.75, 3.05) is 0 Å². The van der Waals surface area contributed by atoms with Crippen LogP contribution in [0.1, 0.15) is 6.42 Å². The molecule has 1 atom stereocenters. The van der Waals surface area contributed by atoms with Crippen LogP contribution in [0, 0.1) is 0 Å². The molecule has 1 aliphatic rings. The van der Waals surface area contributed by atoms with E-state index < -0.39 is 0 Å². The predicted molar refractivity (Wildman–Crippen MR) is 60.1 cm³/mol. The summed E-state index contributed by atoms with van der Waals surface area (Å²) in [7, 11) is 0.329. The van der Waals surface area contributed by atoms with Gasteiger partial charge >= 0.3 is 0 Å². The lowest BCUT2D eigenvalue weighted by molar-refractivity contribution is 0.102. The van der Waals surface area contributed by atoms with E-state index >= 15 is 0 Å². The van der Waals surface area contributed by atoms with Crippen molar-refractivity contribution in [3.05, 3.63) is 60.7 Å². The first-order chi connectivity index (χ1) is 7.00. The molecule has 1 aliphatic carbocycles. The molecule has 1 heterocycles. The lowest BCUT2D eigenvalue weighted by Crippen LogP contribution is -1.48. The molecule has 1 aromatic heterocycles. The zero-order valence-corrected chi connectivity index (χ0v) is 8.80. The topological polar surface area (TPSA) is 26.3 Å². The standard InChI is InChI=1S/C7H8.C4H5O2P/c1-2-4-6-7-5-3-1;1-2-4-7-6-5-3-1/h1-6H,7H2;1-4,7H. The van der Waals surface area contributed by atoms with Gasteiger partial charge in [0.15, 0.2) is 0 Å². The second-order valence-corrected chi connectivity index (χ2v) is 3.20. The molecule has 2 rings (SSSR count). The SMILES string of the molecule is C1=CC=CCC=C1.c1cc[pH]ooc1. The van der Waals surface area contributed by atoms with Gasteiger partial charge in [0.05, 0.1) is 8.43 Å². The zero-order valence-electron chi connectivity index (χ0n) is 7.80. The van der Waals surface area contributed by atoms with Gasteiger partial charge in [0.25, 0.3) is 0 Å². The van der Waals surface area contributed by atoms with Crippen LogP contribution >= 0.6 is 8.43 Å². The van der Waals surface area contributed by atoms with Gasteiger partial charge in [0, 0.05) is 0 Å². The fraction of sp³-hybridized carbons (Fsp3) is 0.0909. The van der Waals surface area contributed by atoms with Crippen molar-refractivity contribution in [3.8, 4) is 0 Å². The second kappa shape index (κ2) is 8.21.